The standard InChI is InChI=1S/C17H19FN2O2.C14H11FO2.C3H8N2O.CH4.ClH/c1-12(17(19)21)20-10-13-5-7-16(8-6-13)22-11-14-3-2-4-15(18)9-14;15-13-3-1-2-12(8-13)10-17-14-6-4-11(9-16)5-7-14;1-2(4)3(5)6;;/h2-9,12,20H,10-11H2,1H3,(H2,19,21);1-9H,10H2;2H,4H2,1H3,(H2,5,6);1H4;1H/t12-;;2-;;/m0.0../s1. The summed E-state index contributed by atoms with van der Waals surface area (Å²) in [4.78, 5) is 31.2. The van der Waals surface area contributed by atoms with Crippen LogP contribution < -0.4 is 32.0 Å². The third-order valence-electron chi connectivity index (χ3n) is 6.02. The number of hydrogen-bond acceptors (Lipinski definition) is 7. The molecule has 7 N–H and O–H groups in total. The van der Waals surface area contributed by atoms with Crippen LogP contribution in [-0.2, 0) is 29.3 Å². The van der Waals surface area contributed by atoms with E-state index in [1.807, 2.05) is 30.3 Å². The summed E-state index contributed by atoms with van der Waals surface area (Å²) in [5.41, 5.74) is 18.0. The molecule has 4 aromatic rings. The van der Waals surface area contributed by atoms with Crippen LogP contribution in [0.5, 0.6) is 11.5 Å². The number of nitrogens with two attached hydrogens (primary N) is 3. The van der Waals surface area contributed by atoms with E-state index >= 15 is 0 Å². The van der Waals surface area contributed by atoms with Gasteiger partial charge in [-0.1, -0.05) is 43.8 Å². The number of amides is 2. The molecule has 9 nitrogen and oxygen atoms in total. The molecule has 0 heterocycles. The van der Waals surface area contributed by atoms with E-state index in [0.717, 1.165) is 23.0 Å². The molecule has 0 spiro atoms. The van der Waals surface area contributed by atoms with Gasteiger partial charge in [0.05, 0.1) is 12.1 Å². The highest BCUT2D eigenvalue weighted by Gasteiger charge is 2.07. The SMILES string of the molecule is C.C[C@H](N)C(N)=O.C[C@H](NCc1ccc(OCc2cccc(F)c2)cc1)C(N)=O.Cl.O=Cc1ccc(OCc2cccc(F)c2)cc1. The maximum Gasteiger partial charge on any atom is 0.234 e. The van der Waals surface area contributed by atoms with E-state index in [4.69, 9.17) is 20.9 Å². The Morgan fingerprint density at radius 2 is 1.17 bits per heavy atom. The fraction of sp³-hybridized carbons (Fsp3) is 0.229. The van der Waals surface area contributed by atoms with Crippen molar-refractivity contribution in [3.8, 4) is 11.5 Å². The minimum Gasteiger partial charge on any atom is -0.489 e. The van der Waals surface area contributed by atoms with Gasteiger partial charge in [-0.15, -0.1) is 12.4 Å². The van der Waals surface area contributed by atoms with E-state index in [0.29, 0.717) is 36.8 Å². The van der Waals surface area contributed by atoms with E-state index in [2.05, 4.69) is 11.1 Å². The monoisotopic (exact) mass is 672 g/mol. The first-order chi connectivity index (χ1) is 21.5. The summed E-state index contributed by atoms with van der Waals surface area (Å²) in [5, 5.41) is 3.02. The summed E-state index contributed by atoms with van der Waals surface area (Å²) in [6, 6.07) is 26.0. The Morgan fingerprint density at radius 1 is 0.745 bits per heavy atom. The van der Waals surface area contributed by atoms with Crippen LogP contribution >= 0.6 is 12.4 Å². The average molecular weight is 673 g/mol. The predicted octanol–water partition coefficient (Wildman–Crippen LogP) is 5.46. The zero-order chi connectivity index (χ0) is 33.2. The Hall–Kier alpha value is -4.84. The van der Waals surface area contributed by atoms with Crippen LogP contribution in [0.15, 0.2) is 97.1 Å². The van der Waals surface area contributed by atoms with Gasteiger partial charge in [-0.2, -0.15) is 0 Å². The number of ether oxygens (including phenoxy) is 2. The van der Waals surface area contributed by atoms with Gasteiger partial charge >= 0.3 is 0 Å². The Bertz CT molecular complexity index is 1510. The van der Waals surface area contributed by atoms with E-state index in [9.17, 15) is 23.2 Å². The van der Waals surface area contributed by atoms with Gasteiger partial charge in [0, 0.05) is 12.1 Å². The van der Waals surface area contributed by atoms with Gasteiger partial charge in [0.15, 0.2) is 0 Å². The number of rotatable bonds is 12. The molecule has 0 radical (unpaired) electrons. The van der Waals surface area contributed by atoms with Gasteiger partial charge in [0.25, 0.3) is 0 Å². The van der Waals surface area contributed by atoms with Crippen molar-refractivity contribution in [3.05, 3.63) is 131 Å². The first kappa shape index (κ1) is 42.2. The Labute approximate surface area is 280 Å². The second-order valence-electron chi connectivity index (χ2n) is 9.86. The molecule has 4 rings (SSSR count). The van der Waals surface area contributed by atoms with Crippen molar-refractivity contribution < 1.29 is 32.6 Å². The summed E-state index contributed by atoms with van der Waals surface area (Å²) in [7, 11) is 0. The molecule has 12 heteroatoms. The zero-order valence-corrected chi connectivity index (χ0v) is 26.3. The highest BCUT2D eigenvalue weighted by Crippen LogP contribution is 2.16. The number of benzene rings is 4. The molecule has 4 aromatic carbocycles. The lowest BCUT2D eigenvalue weighted by atomic mass is 10.2. The highest BCUT2D eigenvalue weighted by atomic mass is 35.5. The highest BCUT2D eigenvalue weighted by molar-refractivity contribution is 5.85. The van der Waals surface area contributed by atoms with Crippen molar-refractivity contribution in [1.29, 1.82) is 0 Å². The molecule has 0 unspecified atom stereocenters. The average Bonchev–Trinajstić information content (AvgIpc) is 3.03. The molecule has 0 aliphatic carbocycles. The topological polar surface area (TPSA) is 160 Å². The van der Waals surface area contributed by atoms with Crippen LogP contribution in [-0.4, -0.2) is 30.2 Å². The van der Waals surface area contributed by atoms with E-state index in [-0.39, 0.29) is 43.4 Å². The van der Waals surface area contributed by atoms with Crippen LogP contribution in [0.1, 0.15) is 48.3 Å². The van der Waals surface area contributed by atoms with Crippen LogP contribution in [0.3, 0.4) is 0 Å². The fourth-order valence-electron chi connectivity index (χ4n) is 3.30. The van der Waals surface area contributed by atoms with Crippen molar-refractivity contribution >= 4 is 30.5 Å². The number of carbonyl (C=O) groups is 3. The fourth-order valence-corrected chi connectivity index (χ4v) is 3.30. The number of primary amides is 2. The Morgan fingerprint density at radius 3 is 1.53 bits per heavy atom. The van der Waals surface area contributed by atoms with Gasteiger partial charge in [0.2, 0.25) is 11.8 Å². The summed E-state index contributed by atoms with van der Waals surface area (Å²) < 4.78 is 37.0. The van der Waals surface area contributed by atoms with Gasteiger partial charge in [-0.05, 0) is 91.2 Å². The van der Waals surface area contributed by atoms with Gasteiger partial charge in [-0.3, -0.25) is 14.4 Å². The van der Waals surface area contributed by atoms with Crippen LogP contribution in [0, 0.1) is 11.6 Å². The summed E-state index contributed by atoms with van der Waals surface area (Å²) in [6.07, 6.45) is 0.774. The number of hydrogen-bond donors (Lipinski definition) is 4. The van der Waals surface area contributed by atoms with Crippen LogP contribution in [0.2, 0.25) is 0 Å². The first-order valence-corrected chi connectivity index (χ1v) is 13.9. The quantitative estimate of drug-likeness (QED) is 0.145. The molecule has 0 fully saturated rings. The molecule has 2 atom stereocenters. The normalized spacial score (nSPS) is 10.9. The van der Waals surface area contributed by atoms with Gasteiger partial charge in [0.1, 0.15) is 42.6 Å². The second kappa shape index (κ2) is 22.6. The van der Waals surface area contributed by atoms with Gasteiger partial charge in [-0.25, -0.2) is 8.78 Å². The Kier molecular flexibility index (Phi) is 20.3. The summed E-state index contributed by atoms with van der Waals surface area (Å²) in [5.74, 6) is -0.0330. The molecule has 0 saturated carbocycles. The molecule has 0 aromatic heterocycles. The third kappa shape index (κ3) is 17.4. The minimum atomic E-state index is -0.509. The summed E-state index contributed by atoms with van der Waals surface area (Å²) >= 11 is 0. The molecule has 2 amide bonds. The molecule has 47 heavy (non-hydrogen) atoms. The zero-order valence-electron chi connectivity index (χ0n) is 25.5. The van der Waals surface area contributed by atoms with E-state index < -0.39 is 11.9 Å². The molecule has 0 aliphatic rings. The van der Waals surface area contributed by atoms with Crippen LogP contribution in [0.4, 0.5) is 8.78 Å². The first-order valence-electron chi connectivity index (χ1n) is 13.9. The van der Waals surface area contributed by atoms with Crippen molar-refractivity contribution in [2.24, 2.45) is 17.2 Å². The van der Waals surface area contributed by atoms with Gasteiger partial charge < -0.3 is 32.0 Å². The molecule has 0 aliphatic heterocycles. The molecule has 0 saturated heterocycles. The Balaban J connectivity index is 0.000000755. The third-order valence-corrected chi connectivity index (χ3v) is 6.02. The molecular weight excluding hydrogens is 630 g/mol. The maximum atomic E-state index is 13.1. The number of halogens is 3. The molecular formula is C35H43ClF2N4O5. The number of carbonyl (C=O) groups excluding carboxylic acids is 3. The summed E-state index contributed by atoms with van der Waals surface area (Å²) in [6.45, 7) is 4.43. The van der Waals surface area contributed by atoms with E-state index in [1.165, 1.54) is 24.3 Å². The van der Waals surface area contributed by atoms with Crippen molar-refractivity contribution in [2.45, 2.75) is 53.1 Å². The lowest BCUT2D eigenvalue weighted by Crippen LogP contribution is -2.38. The minimum absolute atomic E-state index is 0. The molecule has 0 bridgehead atoms. The lowest BCUT2D eigenvalue weighted by molar-refractivity contribution is -0.120. The number of nitrogens with one attached hydrogen (secondary N) is 1. The van der Waals surface area contributed by atoms with Crippen molar-refractivity contribution in [2.75, 3.05) is 0 Å². The number of aldehydes is 1. The van der Waals surface area contributed by atoms with Crippen molar-refractivity contribution in [1.82, 2.24) is 5.32 Å². The smallest absolute Gasteiger partial charge is 0.234 e. The van der Waals surface area contributed by atoms with Crippen molar-refractivity contribution in [3.63, 3.8) is 0 Å². The maximum absolute atomic E-state index is 13.1. The van der Waals surface area contributed by atoms with Crippen LogP contribution in [0.25, 0.3) is 0 Å². The molecule has 254 valence electrons. The predicted molar refractivity (Wildman–Crippen MR) is 182 cm³/mol. The lowest BCUT2D eigenvalue weighted by Gasteiger charge is -2.11. The second-order valence-corrected chi connectivity index (χ2v) is 9.86. The largest absolute Gasteiger partial charge is 0.489 e. The van der Waals surface area contributed by atoms with E-state index in [1.54, 1.807) is 56.3 Å².